The second-order valence-electron chi connectivity index (χ2n) is 4.02. The first-order chi connectivity index (χ1) is 10.2. The van der Waals surface area contributed by atoms with E-state index in [0.717, 1.165) is 12.1 Å². The van der Waals surface area contributed by atoms with Crippen LogP contribution in [0.1, 0.15) is 22.5 Å². The highest BCUT2D eigenvalue weighted by Crippen LogP contribution is 2.35. The Balaban J connectivity index is 2.73. The molecule has 0 atom stereocenters. The van der Waals surface area contributed by atoms with Crippen molar-refractivity contribution in [2.75, 3.05) is 5.73 Å². The van der Waals surface area contributed by atoms with Crippen LogP contribution < -0.4 is 5.73 Å². The molecule has 2 aromatic rings. The second-order valence-corrected chi connectivity index (χ2v) is 4.81. The standard InChI is InChI=1S/C12H6Cl2F3N3O2/c13-4-2-1-3(7(15)5(4)9(16)17)11-19-8(12(21)22)6(14)10(18)20-11/h1-2,9H,(H,21,22)(H2,18,19,20). The van der Waals surface area contributed by atoms with Gasteiger partial charge in [-0.15, -0.1) is 0 Å². The molecule has 0 radical (unpaired) electrons. The Morgan fingerprint density at radius 1 is 1.27 bits per heavy atom. The molecule has 0 aliphatic carbocycles. The molecule has 116 valence electrons. The van der Waals surface area contributed by atoms with Gasteiger partial charge in [0.25, 0.3) is 6.43 Å². The number of carboxylic acids is 1. The number of carbonyl (C=O) groups is 1. The molecule has 1 aromatic heterocycles. The van der Waals surface area contributed by atoms with Crippen LogP contribution in [0.5, 0.6) is 0 Å². The predicted octanol–water partition coefficient (Wildman–Crippen LogP) is 3.81. The number of alkyl halides is 2. The highest BCUT2D eigenvalue weighted by Gasteiger charge is 2.24. The molecule has 0 aliphatic rings. The summed E-state index contributed by atoms with van der Waals surface area (Å²) in [4.78, 5) is 18.2. The minimum absolute atomic E-state index is 0.419. The van der Waals surface area contributed by atoms with E-state index in [-0.39, 0.29) is 0 Å². The summed E-state index contributed by atoms with van der Waals surface area (Å²) in [6.45, 7) is 0. The highest BCUT2D eigenvalue weighted by atomic mass is 35.5. The summed E-state index contributed by atoms with van der Waals surface area (Å²) in [6, 6.07) is 2.06. The van der Waals surface area contributed by atoms with E-state index in [1.165, 1.54) is 0 Å². The Morgan fingerprint density at radius 2 is 1.91 bits per heavy atom. The van der Waals surface area contributed by atoms with Crippen molar-refractivity contribution in [1.82, 2.24) is 9.97 Å². The first-order valence-corrected chi connectivity index (χ1v) is 6.32. The number of rotatable bonds is 3. The molecule has 10 heteroatoms. The molecule has 0 amide bonds. The van der Waals surface area contributed by atoms with E-state index in [9.17, 15) is 18.0 Å². The van der Waals surface area contributed by atoms with Crippen molar-refractivity contribution < 1.29 is 23.1 Å². The quantitative estimate of drug-likeness (QED) is 0.877. The van der Waals surface area contributed by atoms with Crippen LogP contribution in [0.25, 0.3) is 11.4 Å². The largest absolute Gasteiger partial charge is 0.476 e. The van der Waals surface area contributed by atoms with Gasteiger partial charge < -0.3 is 10.8 Å². The Bertz CT molecular complexity index is 772. The predicted molar refractivity (Wildman–Crippen MR) is 73.8 cm³/mol. The van der Waals surface area contributed by atoms with Crippen LogP contribution in [0.3, 0.4) is 0 Å². The fraction of sp³-hybridized carbons (Fsp3) is 0.0833. The number of hydrogen-bond donors (Lipinski definition) is 2. The van der Waals surface area contributed by atoms with Gasteiger partial charge in [0.2, 0.25) is 0 Å². The van der Waals surface area contributed by atoms with Crippen molar-refractivity contribution >= 4 is 35.0 Å². The van der Waals surface area contributed by atoms with Crippen molar-refractivity contribution in [2.45, 2.75) is 6.43 Å². The average molecular weight is 352 g/mol. The summed E-state index contributed by atoms with van der Waals surface area (Å²) in [6.07, 6.45) is -3.17. The molecular formula is C12H6Cl2F3N3O2. The normalized spacial score (nSPS) is 11.0. The SMILES string of the molecule is Nc1nc(-c2ccc(Cl)c(C(F)F)c2F)nc(C(=O)O)c1Cl. The van der Waals surface area contributed by atoms with Gasteiger partial charge in [-0.1, -0.05) is 23.2 Å². The molecular weight excluding hydrogens is 346 g/mol. The number of carboxylic acid groups (broad SMARTS) is 1. The third-order valence-electron chi connectivity index (χ3n) is 2.67. The Kier molecular flexibility index (Phi) is 4.43. The van der Waals surface area contributed by atoms with Crippen LogP contribution >= 0.6 is 23.2 Å². The number of anilines is 1. The summed E-state index contributed by atoms with van der Waals surface area (Å²) in [5.41, 5.74) is 3.26. The Hall–Kier alpha value is -2.06. The monoisotopic (exact) mass is 351 g/mol. The van der Waals surface area contributed by atoms with Crippen molar-refractivity contribution in [3.8, 4) is 11.4 Å². The van der Waals surface area contributed by atoms with E-state index in [1.807, 2.05) is 0 Å². The van der Waals surface area contributed by atoms with Crippen LogP contribution in [0.4, 0.5) is 19.0 Å². The van der Waals surface area contributed by atoms with Crippen LogP contribution in [-0.4, -0.2) is 21.0 Å². The lowest BCUT2D eigenvalue weighted by atomic mass is 10.1. The maximum atomic E-state index is 14.2. The van der Waals surface area contributed by atoms with Crippen LogP contribution in [0.2, 0.25) is 10.0 Å². The number of nitrogens with two attached hydrogens (primary N) is 1. The molecule has 1 aromatic carbocycles. The van der Waals surface area contributed by atoms with Crippen LogP contribution in [0.15, 0.2) is 12.1 Å². The van der Waals surface area contributed by atoms with Crippen molar-refractivity contribution in [3.05, 3.63) is 39.3 Å². The summed E-state index contributed by atoms with van der Waals surface area (Å²) in [5.74, 6) is -3.79. The fourth-order valence-corrected chi connectivity index (χ4v) is 2.06. The van der Waals surface area contributed by atoms with Gasteiger partial charge in [0, 0.05) is 0 Å². The molecule has 3 N–H and O–H groups in total. The zero-order chi connectivity index (χ0) is 16.6. The Labute approximate surface area is 131 Å². The van der Waals surface area contributed by atoms with Crippen molar-refractivity contribution in [2.24, 2.45) is 0 Å². The van der Waals surface area contributed by atoms with Gasteiger partial charge in [-0.25, -0.2) is 27.9 Å². The zero-order valence-electron chi connectivity index (χ0n) is 10.4. The maximum absolute atomic E-state index is 14.2. The molecule has 0 saturated carbocycles. The van der Waals surface area contributed by atoms with Crippen molar-refractivity contribution in [1.29, 1.82) is 0 Å². The number of nitrogens with zero attached hydrogens (tertiary/aromatic N) is 2. The van der Waals surface area contributed by atoms with Crippen LogP contribution in [-0.2, 0) is 0 Å². The molecule has 22 heavy (non-hydrogen) atoms. The maximum Gasteiger partial charge on any atom is 0.356 e. The third kappa shape index (κ3) is 2.79. The molecule has 0 saturated heterocycles. The number of hydrogen-bond acceptors (Lipinski definition) is 4. The van der Waals surface area contributed by atoms with Gasteiger partial charge >= 0.3 is 5.97 Å². The number of aromatic carboxylic acids is 1. The number of nitrogen functional groups attached to an aromatic ring is 1. The first kappa shape index (κ1) is 16.3. The van der Waals surface area contributed by atoms with E-state index in [0.29, 0.717) is 0 Å². The zero-order valence-corrected chi connectivity index (χ0v) is 12.0. The molecule has 2 rings (SSSR count). The van der Waals surface area contributed by atoms with Gasteiger partial charge in [-0.3, -0.25) is 0 Å². The highest BCUT2D eigenvalue weighted by molar-refractivity contribution is 6.35. The summed E-state index contributed by atoms with van der Waals surface area (Å²) in [7, 11) is 0. The minimum atomic E-state index is -3.17. The molecule has 0 unspecified atom stereocenters. The molecule has 0 bridgehead atoms. The van der Waals surface area contributed by atoms with Crippen molar-refractivity contribution in [3.63, 3.8) is 0 Å². The minimum Gasteiger partial charge on any atom is -0.476 e. The average Bonchev–Trinajstić information content (AvgIpc) is 2.41. The van der Waals surface area contributed by atoms with Gasteiger partial charge in [0.05, 0.1) is 16.1 Å². The van der Waals surface area contributed by atoms with E-state index in [4.69, 9.17) is 34.0 Å². The smallest absolute Gasteiger partial charge is 0.356 e. The molecule has 0 aliphatic heterocycles. The Morgan fingerprint density at radius 3 is 2.45 bits per heavy atom. The summed E-state index contributed by atoms with van der Waals surface area (Å²) in [5, 5.41) is 8.05. The van der Waals surface area contributed by atoms with Gasteiger partial charge in [0.1, 0.15) is 16.7 Å². The van der Waals surface area contributed by atoms with Gasteiger partial charge in [-0.2, -0.15) is 0 Å². The van der Waals surface area contributed by atoms with Gasteiger partial charge in [-0.05, 0) is 12.1 Å². The summed E-state index contributed by atoms with van der Waals surface area (Å²) >= 11 is 11.2. The van der Waals surface area contributed by atoms with Gasteiger partial charge in [0.15, 0.2) is 11.5 Å². The lowest BCUT2D eigenvalue weighted by molar-refractivity contribution is 0.0690. The molecule has 1 heterocycles. The molecule has 0 spiro atoms. The second kappa shape index (κ2) is 5.98. The van der Waals surface area contributed by atoms with E-state index in [1.54, 1.807) is 0 Å². The van der Waals surface area contributed by atoms with E-state index < -0.39 is 56.7 Å². The topological polar surface area (TPSA) is 89.1 Å². The molecule has 0 fully saturated rings. The van der Waals surface area contributed by atoms with Crippen LogP contribution in [0, 0.1) is 5.82 Å². The van der Waals surface area contributed by atoms with E-state index in [2.05, 4.69) is 9.97 Å². The van der Waals surface area contributed by atoms with E-state index >= 15 is 0 Å². The lowest BCUT2D eigenvalue weighted by Gasteiger charge is -2.10. The third-order valence-corrected chi connectivity index (χ3v) is 3.37. The number of halogens is 5. The first-order valence-electron chi connectivity index (χ1n) is 5.56. The summed E-state index contributed by atoms with van der Waals surface area (Å²) < 4.78 is 39.8. The fourth-order valence-electron chi connectivity index (χ4n) is 1.67. The lowest BCUT2D eigenvalue weighted by Crippen LogP contribution is -2.09. The number of aromatic nitrogens is 2. The molecule has 5 nitrogen and oxygen atoms in total. The number of benzene rings is 1.